The van der Waals surface area contributed by atoms with E-state index in [1.807, 2.05) is 16.8 Å². The molecule has 0 saturated carbocycles. The SMILES string of the molecule is CN=C(NCc1ccnc(OC)c1)NC1CCc2nc(COC)nn2C1.I. The smallest absolute Gasteiger partial charge is 0.213 e. The number of fused-ring (bicyclic) bond motifs is 1. The molecule has 0 saturated heterocycles. The van der Waals surface area contributed by atoms with Gasteiger partial charge in [-0.3, -0.25) is 4.99 Å². The molecule has 2 N–H and O–H groups in total. The van der Waals surface area contributed by atoms with Gasteiger partial charge >= 0.3 is 0 Å². The second-order valence-electron chi connectivity index (χ2n) is 6.07. The van der Waals surface area contributed by atoms with E-state index in [9.17, 15) is 0 Å². The Kier molecular flexibility index (Phi) is 8.23. The Bertz CT molecular complexity index is 765. The number of pyridine rings is 1. The van der Waals surface area contributed by atoms with Gasteiger partial charge in [0.25, 0.3) is 0 Å². The Hall–Kier alpha value is -1.95. The number of hydrogen-bond donors (Lipinski definition) is 2. The standard InChI is InChI=1S/C17H25N7O2.HI/c1-18-17(20-9-12-6-7-19-16(8-12)26-3)21-13-4-5-15-22-14(11-25-2)23-24(15)10-13;/h6-8,13H,4-5,9-11H2,1-3H3,(H2,18,20,21);1H. The van der Waals surface area contributed by atoms with Crippen molar-refractivity contribution in [3.8, 4) is 5.88 Å². The van der Waals surface area contributed by atoms with Crippen molar-refractivity contribution in [2.75, 3.05) is 21.3 Å². The third-order valence-corrected chi connectivity index (χ3v) is 4.21. The van der Waals surface area contributed by atoms with Crippen molar-refractivity contribution >= 4 is 29.9 Å². The van der Waals surface area contributed by atoms with Crippen LogP contribution in [0.15, 0.2) is 23.3 Å². The summed E-state index contributed by atoms with van der Waals surface area (Å²) in [6, 6.07) is 4.10. The van der Waals surface area contributed by atoms with Crippen LogP contribution in [0.4, 0.5) is 0 Å². The lowest BCUT2D eigenvalue weighted by atomic mass is 10.1. The molecule has 0 aliphatic carbocycles. The summed E-state index contributed by atoms with van der Waals surface area (Å²) in [5, 5.41) is 11.3. The number of rotatable bonds is 6. The van der Waals surface area contributed by atoms with Crippen LogP contribution in [-0.4, -0.2) is 53.0 Å². The van der Waals surface area contributed by atoms with Crippen molar-refractivity contribution in [3.63, 3.8) is 0 Å². The van der Waals surface area contributed by atoms with Crippen LogP contribution in [0.3, 0.4) is 0 Å². The molecule has 3 rings (SSSR count). The number of halogens is 1. The Morgan fingerprint density at radius 1 is 1.41 bits per heavy atom. The number of guanidine groups is 1. The van der Waals surface area contributed by atoms with Gasteiger partial charge in [-0.2, -0.15) is 5.10 Å². The molecule has 27 heavy (non-hydrogen) atoms. The van der Waals surface area contributed by atoms with Gasteiger partial charge in [0.05, 0.1) is 13.7 Å². The average Bonchev–Trinajstić information content (AvgIpc) is 3.07. The van der Waals surface area contributed by atoms with E-state index in [0.29, 0.717) is 19.0 Å². The largest absolute Gasteiger partial charge is 0.481 e. The van der Waals surface area contributed by atoms with Gasteiger partial charge in [0.1, 0.15) is 12.4 Å². The van der Waals surface area contributed by atoms with E-state index in [2.05, 4.69) is 30.7 Å². The highest BCUT2D eigenvalue weighted by molar-refractivity contribution is 14.0. The zero-order valence-corrected chi connectivity index (χ0v) is 18.1. The van der Waals surface area contributed by atoms with Crippen LogP contribution in [0.25, 0.3) is 0 Å². The first-order chi connectivity index (χ1) is 12.7. The lowest BCUT2D eigenvalue weighted by Crippen LogP contribution is -2.46. The van der Waals surface area contributed by atoms with Crippen molar-refractivity contribution < 1.29 is 9.47 Å². The maximum absolute atomic E-state index is 5.15. The molecule has 0 spiro atoms. The Labute approximate surface area is 176 Å². The number of nitrogens with zero attached hydrogens (tertiary/aromatic N) is 5. The quantitative estimate of drug-likeness (QED) is 0.358. The van der Waals surface area contributed by atoms with Gasteiger partial charge in [-0.25, -0.2) is 14.6 Å². The van der Waals surface area contributed by atoms with E-state index in [-0.39, 0.29) is 30.0 Å². The maximum Gasteiger partial charge on any atom is 0.213 e. The first kappa shape index (κ1) is 21.4. The van der Waals surface area contributed by atoms with Gasteiger partial charge in [-0.15, -0.1) is 24.0 Å². The number of aromatic nitrogens is 4. The molecular weight excluding hydrogens is 461 g/mol. The molecule has 2 aromatic rings. The van der Waals surface area contributed by atoms with Crippen LogP contribution in [0.2, 0.25) is 0 Å². The normalized spacial score (nSPS) is 16.3. The summed E-state index contributed by atoms with van der Waals surface area (Å²) in [4.78, 5) is 12.9. The summed E-state index contributed by atoms with van der Waals surface area (Å²) in [5.74, 6) is 3.11. The summed E-state index contributed by atoms with van der Waals surface area (Å²) in [7, 11) is 5.03. The monoisotopic (exact) mass is 487 g/mol. The van der Waals surface area contributed by atoms with Gasteiger partial charge in [-0.05, 0) is 18.1 Å². The zero-order chi connectivity index (χ0) is 18.4. The minimum atomic E-state index is 0. The molecule has 1 atom stereocenters. The molecule has 148 valence electrons. The molecule has 0 aromatic carbocycles. The number of nitrogens with one attached hydrogen (secondary N) is 2. The lowest BCUT2D eigenvalue weighted by molar-refractivity contribution is 0.177. The second kappa shape index (κ2) is 10.4. The maximum atomic E-state index is 5.15. The van der Waals surface area contributed by atoms with Crippen molar-refractivity contribution in [1.82, 2.24) is 30.4 Å². The Morgan fingerprint density at radius 2 is 2.26 bits per heavy atom. The van der Waals surface area contributed by atoms with E-state index >= 15 is 0 Å². The summed E-state index contributed by atoms with van der Waals surface area (Å²) >= 11 is 0. The summed E-state index contributed by atoms with van der Waals surface area (Å²) in [6.07, 6.45) is 3.60. The zero-order valence-electron chi connectivity index (χ0n) is 15.8. The predicted molar refractivity (Wildman–Crippen MR) is 112 cm³/mol. The van der Waals surface area contributed by atoms with E-state index in [0.717, 1.165) is 42.6 Å². The number of ether oxygens (including phenoxy) is 2. The van der Waals surface area contributed by atoms with Crippen LogP contribution in [0, 0.1) is 0 Å². The van der Waals surface area contributed by atoms with Gasteiger partial charge in [0.2, 0.25) is 5.88 Å². The first-order valence-electron chi connectivity index (χ1n) is 8.59. The van der Waals surface area contributed by atoms with Crippen LogP contribution < -0.4 is 15.4 Å². The highest BCUT2D eigenvalue weighted by atomic mass is 127. The molecule has 9 nitrogen and oxygen atoms in total. The van der Waals surface area contributed by atoms with Crippen LogP contribution >= 0.6 is 24.0 Å². The summed E-state index contributed by atoms with van der Waals surface area (Å²) in [6.45, 7) is 1.84. The van der Waals surface area contributed by atoms with E-state index in [4.69, 9.17) is 9.47 Å². The number of hydrogen-bond acceptors (Lipinski definition) is 6. The molecule has 2 aromatic heterocycles. The van der Waals surface area contributed by atoms with E-state index in [1.54, 1.807) is 27.5 Å². The van der Waals surface area contributed by atoms with E-state index < -0.39 is 0 Å². The van der Waals surface area contributed by atoms with Crippen LogP contribution in [0.5, 0.6) is 5.88 Å². The lowest BCUT2D eigenvalue weighted by Gasteiger charge is -2.25. The molecule has 0 fully saturated rings. The number of aliphatic imine (C=N–C) groups is 1. The molecule has 0 bridgehead atoms. The molecule has 1 unspecified atom stereocenters. The second-order valence-corrected chi connectivity index (χ2v) is 6.07. The van der Waals surface area contributed by atoms with Gasteiger partial charge in [0, 0.05) is 45.4 Å². The van der Waals surface area contributed by atoms with Crippen LogP contribution in [-0.2, 0) is 30.9 Å². The highest BCUT2D eigenvalue weighted by Crippen LogP contribution is 2.13. The third-order valence-electron chi connectivity index (χ3n) is 4.21. The Balaban J connectivity index is 0.00000261. The molecule has 1 aliphatic heterocycles. The number of aryl methyl sites for hydroxylation is 1. The summed E-state index contributed by atoms with van der Waals surface area (Å²) in [5.41, 5.74) is 1.08. The minimum Gasteiger partial charge on any atom is -0.481 e. The number of methoxy groups -OCH3 is 2. The molecular formula is C17H26IN7O2. The fourth-order valence-electron chi connectivity index (χ4n) is 2.91. The summed E-state index contributed by atoms with van der Waals surface area (Å²) < 4.78 is 12.2. The fraction of sp³-hybridized carbons (Fsp3) is 0.529. The van der Waals surface area contributed by atoms with Crippen molar-refractivity contribution in [1.29, 1.82) is 0 Å². The molecule has 0 radical (unpaired) electrons. The fourth-order valence-corrected chi connectivity index (χ4v) is 2.91. The first-order valence-corrected chi connectivity index (χ1v) is 8.59. The highest BCUT2D eigenvalue weighted by Gasteiger charge is 2.22. The minimum absolute atomic E-state index is 0. The van der Waals surface area contributed by atoms with Gasteiger partial charge in [0.15, 0.2) is 11.8 Å². The molecule has 3 heterocycles. The molecule has 10 heteroatoms. The molecule has 1 aliphatic rings. The average molecular weight is 487 g/mol. The van der Waals surface area contributed by atoms with Crippen molar-refractivity contribution in [2.24, 2.45) is 4.99 Å². The van der Waals surface area contributed by atoms with Crippen LogP contribution in [0.1, 0.15) is 23.6 Å². The van der Waals surface area contributed by atoms with Crippen molar-refractivity contribution in [3.05, 3.63) is 35.5 Å². The third kappa shape index (κ3) is 5.76. The Morgan fingerprint density at radius 3 is 3.00 bits per heavy atom. The van der Waals surface area contributed by atoms with E-state index in [1.165, 1.54) is 0 Å². The predicted octanol–water partition coefficient (Wildman–Crippen LogP) is 1.13. The topological polar surface area (TPSA) is 98.5 Å². The van der Waals surface area contributed by atoms with Crippen molar-refractivity contribution in [2.45, 2.75) is 38.6 Å². The van der Waals surface area contributed by atoms with Gasteiger partial charge < -0.3 is 20.1 Å². The van der Waals surface area contributed by atoms with Gasteiger partial charge in [-0.1, -0.05) is 0 Å². The molecule has 0 amide bonds.